The fourth-order valence-electron chi connectivity index (χ4n) is 4.09. The van der Waals surface area contributed by atoms with Crippen molar-refractivity contribution in [3.8, 4) is 0 Å². The maximum atomic E-state index is 13.2. The average molecular weight is 529 g/mol. The smallest absolute Gasteiger partial charge is 0.251 e. The number of hydrogen-bond donors (Lipinski definition) is 2. The lowest BCUT2D eigenvalue weighted by Gasteiger charge is -2.37. The van der Waals surface area contributed by atoms with Crippen molar-refractivity contribution in [2.45, 2.75) is 32.2 Å². The highest BCUT2D eigenvalue weighted by Gasteiger charge is 2.33. The van der Waals surface area contributed by atoms with Gasteiger partial charge in [-0.1, -0.05) is 106 Å². The summed E-state index contributed by atoms with van der Waals surface area (Å²) in [6.45, 7) is 2.95. The SMILES string of the molecule is Cc1ccc(CN(c2ccc(Br)cc2)[C@H](c2ccccc2)[C@@H](O)C(=O)NCc2ccccc2)cc1. The Morgan fingerprint density at radius 1 is 0.829 bits per heavy atom. The van der Waals surface area contributed by atoms with E-state index >= 15 is 0 Å². The Kier molecular flexibility index (Phi) is 8.35. The number of halogens is 1. The summed E-state index contributed by atoms with van der Waals surface area (Å²) in [4.78, 5) is 15.3. The molecule has 4 aromatic carbocycles. The van der Waals surface area contributed by atoms with E-state index in [-0.39, 0.29) is 0 Å². The van der Waals surface area contributed by atoms with Gasteiger partial charge in [-0.15, -0.1) is 0 Å². The molecule has 4 nitrogen and oxygen atoms in total. The number of rotatable bonds is 9. The second kappa shape index (κ2) is 11.8. The average Bonchev–Trinajstić information content (AvgIpc) is 2.89. The molecule has 178 valence electrons. The second-order valence-corrected chi connectivity index (χ2v) is 9.51. The van der Waals surface area contributed by atoms with Crippen LogP contribution in [0.3, 0.4) is 0 Å². The summed E-state index contributed by atoms with van der Waals surface area (Å²) < 4.78 is 0.967. The first kappa shape index (κ1) is 24.7. The molecule has 0 aliphatic carbocycles. The third-order valence-corrected chi connectivity index (χ3v) is 6.51. The topological polar surface area (TPSA) is 52.6 Å². The minimum absolute atomic E-state index is 0.356. The van der Waals surface area contributed by atoms with Gasteiger partial charge < -0.3 is 15.3 Å². The summed E-state index contributed by atoms with van der Waals surface area (Å²) in [6.07, 6.45) is -1.28. The Morgan fingerprint density at radius 3 is 2.06 bits per heavy atom. The zero-order valence-corrected chi connectivity index (χ0v) is 21.2. The third kappa shape index (κ3) is 6.59. The van der Waals surface area contributed by atoms with E-state index in [4.69, 9.17) is 0 Å². The number of anilines is 1. The van der Waals surface area contributed by atoms with Gasteiger partial charge in [0.15, 0.2) is 6.10 Å². The largest absolute Gasteiger partial charge is 0.381 e. The van der Waals surface area contributed by atoms with Crippen LogP contribution in [0, 0.1) is 6.92 Å². The molecular weight excluding hydrogens is 500 g/mol. The Labute approximate surface area is 215 Å². The van der Waals surface area contributed by atoms with Crippen molar-refractivity contribution in [2.24, 2.45) is 0 Å². The molecule has 0 saturated heterocycles. The molecule has 35 heavy (non-hydrogen) atoms. The van der Waals surface area contributed by atoms with Crippen LogP contribution in [-0.2, 0) is 17.9 Å². The number of amides is 1. The van der Waals surface area contributed by atoms with Crippen LogP contribution in [0.25, 0.3) is 0 Å². The van der Waals surface area contributed by atoms with Gasteiger partial charge in [0.2, 0.25) is 0 Å². The van der Waals surface area contributed by atoms with E-state index < -0.39 is 18.1 Å². The van der Waals surface area contributed by atoms with Crippen molar-refractivity contribution in [1.82, 2.24) is 5.32 Å². The number of carbonyl (C=O) groups excluding carboxylic acids is 1. The molecule has 1 amide bonds. The van der Waals surface area contributed by atoms with Gasteiger partial charge in [0.05, 0.1) is 6.04 Å². The maximum absolute atomic E-state index is 13.2. The van der Waals surface area contributed by atoms with Crippen molar-refractivity contribution in [3.05, 3.63) is 136 Å². The lowest BCUT2D eigenvalue weighted by Crippen LogP contribution is -2.45. The Hall–Kier alpha value is -3.41. The summed E-state index contributed by atoms with van der Waals surface area (Å²) in [5.41, 5.74) is 5.04. The molecule has 2 N–H and O–H groups in total. The number of nitrogens with one attached hydrogen (secondary N) is 1. The highest BCUT2D eigenvalue weighted by molar-refractivity contribution is 9.10. The van der Waals surface area contributed by atoms with Gasteiger partial charge in [0.1, 0.15) is 0 Å². The normalized spacial score (nSPS) is 12.5. The molecule has 0 radical (unpaired) electrons. The molecular formula is C30H29BrN2O2. The van der Waals surface area contributed by atoms with E-state index in [9.17, 15) is 9.90 Å². The van der Waals surface area contributed by atoms with Gasteiger partial charge >= 0.3 is 0 Å². The molecule has 0 aromatic heterocycles. The number of aryl methyl sites for hydroxylation is 1. The van der Waals surface area contributed by atoms with Gasteiger partial charge in [0, 0.05) is 23.2 Å². The highest BCUT2D eigenvalue weighted by Crippen LogP contribution is 2.33. The van der Waals surface area contributed by atoms with Crippen LogP contribution < -0.4 is 10.2 Å². The van der Waals surface area contributed by atoms with Crippen molar-refractivity contribution in [1.29, 1.82) is 0 Å². The molecule has 0 heterocycles. The summed E-state index contributed by atoms with van der Waals surface area (Å²) >= 11 is 3.51. The zero-order chi connectivity index (χ0) is 24.6. The van der Waals surface area contributed by atoms with Crippen molar-refractivity contribution in [3.63, 3.8) is 0 Å². The van der Waals surface area contributed by atoms with E-state index in [2.05, 4.69) is 57.3 Å². The molecule has 0 saturated carbocycles. The Bertz CT molecular complexity index is 1210. The number of aliphatic hydroxyl groups excluding tert-OH is 1. The van der Waals surface area contributed by atoms with Gasteiger partial charge in [-0.25, -0.2) is 0 Å². The summed E-state index contributed by atoms with van der Waals surface area (Å²) in [6, 6.07) is 35.1. The molecule has 0 spiro atoms. The second-order valence-electron chi connectivity index (χ2n) is 8.59. The van der Waals surface area contributed by atoms with Crippen LogP contribution in [0.1, 0.15) is 28.3 Å². The Morgan fingerprint density at radius 2 is 1.43 bits per heavy atom. The number of aliphatic hydroxyl groups is 1. The zero-order valence-electron chi connectivity index (χ0n) is 19.6. The van der Waals surface area contributed by atoms with Crippen LogP contribution >= 0.6 is 15.9 Å². The standard InChI is InChI=1S/C30H29BrN2O2/c1-22-12-14-24(15-13-22)21-33(27-18-16-26(31)17-19-27)28(25-10-6-3-7-11-25)29(34)30(35)32-20-23-8-4-2-5-9-23/h2-19,28-29,34H,20-21H2,1H3,(H,32,35)/t28-,29-/m1/s1. The quantitative estimate of drug-likeness (QED) is 0.272. The first-order valence-corrected chi connectivity index (χ1v) is 12.4. The summed E-state index contributed by atoms with van der Waals surface area (Å²) in [5, 5.41) is 14.4. The monoisotopic (exact) mass is 528 g/mol. The molecule has 0 aliphatic heterocycles. The number of carbonyl (C=O) groups is 1. The maximum Gasteiger partial charge on any atom is 0.251 e. The molecule has 5 heteroatoms. The molecule has 4 rings (SSSR count). The fourth-order valence-corrected chi connectivity index (χ4v) is 4.35. The van der Waals surface area contributed by atoms with E-state index in [1.165, 1.54) is 5.56 Å². The van der Waals surface area contributed by atoms with Gasteiger partial charge in [-0.2, -0.15) is 0 Å². The van der Waals surface area contributed by atoms with Gasteiger partial charge in [-0.3, -0.25) is 4.79 Å². The predicted octanol–water partition coefficient (Wildman–Crippen LogP) is 6.18. The van der Waals surface area contributed by atoms with Crippen molar-refractivity contribution in [2.75, 3.05) is 4.90 Å². The van der Waals surface area contributed by atoms with Crippen LogP contribution in [0.5, 0.6) is 0 Å². The van der Waals surface area contributed by atoms with Crippen LogP contribution in [-0.4, -0.2) is 17.1 Å². The number of nitrogens with zero attached hydrogens (tertiary/aromatic N) is 1. The molecule has 0 unspecified atom stereocenters. The van der Waals surface area contributed by atoms with Crippen LogP contribution in [0.2, 0.25) is 0 Å². The van der Waals surface area contributed by atoms with E-state index in [1.54, 1.807) is 0 Å². The van der Waals surface area contributed by atoms with Crippen molar-refractivity contribution < 1.29 is 9.90 Å². The highest BCUT2D eigenvalue weighted by atomic mass is 79.9. The van der Waals surface area contributed by atoms with E-state index in [1.807, 2.05) is 84.9 Å². The molecule has 4 aromatic rings. The van der Waals surface area contributed by atoms with Gasteiger partial charge in [0.25, 0.3) is 5.91 Å². The van der Waals surface area contributed by atoms with E-state index in [0.29, 0.717) is 13.1 Å². The first-order valence-electron chi connectivity index (χ1n) is 11.6. The number of benzene rings is 4. The minimum atomic E-state index is -1.28. The minimum Gasteiger partial charge on any atom is -0.381 e. The molecule has 0 aliphatic rings. The molecule has 0 fully saturated rings. The van der Waals surface area contributed by atoms with Crippen molar-refractivity contribution >= 4 is 27.5 Å². The summed E-state index contributed by atoms with van der Waals surface area (Å²) in [7, 11) is 0. The lowest BCUT2D eigenvalue weighted by molar-refractivity contribution is -0.130. The fraction of sp³-hybridized carbons (Fsp3) is 0.167. The van der Waals surface area contributed by atoms with Crippen LogP contribution in [0.4, 0.5) is 5.69 Å². The predicted molar refractivity (Wildman–Crippen MR) is 145 cm³/mol. The third-order valence-electron chi connectivity index (χ3n) is 5.99. The lowest BCUT2D eigenvalue weighted by atomic mass is 9.97. The van der Waals surface area contributed by atoms with E-state index in [0.717, 1.165) is 26.9 Å². The van der Waals surface area contributed by atoms with Crippen LogP contribution in [0.15, 0.2) is 114 Å². The summed E-state index contributed by atoms with van der Waals surface area (Å²) in [5.74, 6) is -0.409. The number of hydrogen-bond acceptors (Lipinski definition) is 3. The first-order chi connectivity index (χ1) is 17.0. The molecule has 2 atom stereocenters. The van der Waals surface area contributed by atoms with Gasteiger partial charge in [-0.05, 0) is 47.9 Å². The Balaban J connectivity index is 1.69. The molecule has 0 bridgehead atoms.